The molecule has 0 aromatic heterocycles. The Kier molecular flexibility index (Phi) is 7.81. The van der Waals surface area contributed by atoms with E-state index in [2.05, 4.69) is 18.7 Å². The van der Waals surface area contributed by atoms with Gasteiger partial charge >= 0.3 is 0 Å². The number of thioether (sulfide) groups is 1. The molecule has 1 aromatic rings. The van der Waals surface area contributed by atoms with E-state index in [0.717, 1.165) is 18.6 Å². The number of benzene rings is 1. The lowest BCUT2D eigenvalue weighted by molar-refractivity contribution is 0.0126. The molecule has 0 aliphatic carbocycles. The van der Waals surface area contributed by atoms with Gasteiger partial charge in [-0.2, -0.15) is 0 Å². The first-order valence-electron chi connectivity index (χ1n) is 6.39. The SMILES string of the molecule is C=CCCC[C@@H](O)[C@H](O)CCSc1ccccc1. The van der Waals surface area contributed by atoms with Gasteiger partial charge in [0.25, 0.3) is 0 Å². The largest absolute Gasteiger partial charge is 0.390 e. The monoisotopic (exact) mass is 266 g/mol. The van der Waals surface area contributed by atoms with Crippen molar-refractivity contribution in [3.8, 4) is 0 Å². The van der Waals surface area contributed by atoms with Gasteiger partial charge in [0.05, 0.1) is 12.2 Å². The summed E-state index contributed by atoms with van der Waals surface area (Å²) in [5, 5.41) is 19.6. The molecule has 0 bridgehead atoms. The van der Waals surface area contributed by atoms with Crippen LogP contribution >= 0.6 is 11.8 Å². The van der Waals surface area contributed by atoms with Crippen LogP contribution in [0.5, 0.6) is 0 Å². The van der Waals surface area contributed by atoms with Crippen molar-refractivity contribution in [3.05, 3.63) is 43.0 Å². The topological polar surface area (TPSA) is 40.5 Å². The zero-order chi connectivity index (χ0) is 13.2. The maximum Gasteiger partial charge on any atom is 0.0807 e. The van der Waals surface area contributed by atoms with Gasteiger partial charge in [-0.05, 0) is 37.8 Å². The van der Waals surface area contributed by atoms with Crippen molar-refractivity contribution >= 4 is 11.8 Å². The number of aliphatic hydroxyl groups is 2. The van der Waals surface area contributed by atoms with Gasteiger partial charge in [0.15, 0.2) is 0 Å². The number of allylic oxidation sites excluding steroid dienone is 1. The second-order valence-corrected chi connectivity index (χ2v) is 5.47. The zero-order valence-corrected chi connectivity index (χ0v) is 11.5. The standard InChI is InChI=1S/C15H22O2S/c1-2-3-5-10-14(16)15(17)11-12-18-13-8-6-4-7-9-13/h2,4,6-9,14-17H,1,3,5,10-12H2/t14-,15-/m1/s1. The van der Waals surface area contributed by atoms with Crippen LogP contribution in [0.15, 0.2) is 47.9 Å². The average molecular weight is 266 g/mol. The van der Waals surface area contributed by atoms with Crippen molar-refractivity contribution in [1.82, 2.24) is 0 Å². The highest BCUT2D eigenvalue weighted by atomic mass is 32.2. The predicted molar refractivity (Wildman–Crippen MR) is 77.8 cm³/mol. The van der Waals surface area contributed by atoms with Crippen LogP contribution in [0.25, 0.3) is 0 Å². The highest BCUT2D eigenvalue weighted by Gasteiger charge is 2.15. The molecule has 1 rings (SSSR count). The Bertz CT molecular complexity index is 327. The van der Waals surface area contributed by atoms with Gasteiger partial charge in [-0.3, -0.25) is 0 Å². The molecule has 0 amide bonds. The van der Waals surface area contributed by atoms with Crippen molar-refractivity contribution in [1.29, 1.82) is 0 Å². The quantitative estimate of drug-likeness (QED) is 0.409. The molecule has 0 aliphatic rings. The third kappa shape index (κ3) is 6.24. The molecule has 100 valence electrons. The minimum absolute atomic E-state index is 0.610. The molecule has 0 saturated heterocycles. The van der Waals surface area contributed by atoms with Crippen LogP contribution in [0.3, 0.4) is 0 Å². The fourth-order valence-corrected chi connectivity index (χ4v) is 2.61. The molecule has 0 fully saturated rings. The van der Waals surface area contributed by atoms with Crippen molar-refractivity contribution in [2.24, 2.45) is 0 Å². The molecular formula is C15H22O2S. The summed E-state index contributed by atoms with van der Waals surface area (Å²) in [7, 11) is 0. The summed E-state index contributed by atoms with van der Waals surface area (Å²) < 4.78 is 0. The van der Waals surface area contributed by atoms with Crippen molar-refractivity contribution in [3.63, 3.8) is 0 Å². The van der Waals surface area contributed by atoms with Gasteiger partial charge in [-0.25, -0.2) is 0 Å². The number of unbranched alkanes of at least 4 members (excludes halogenated alkanes) is 1. The highest BCUT2D eigenvalue weighted by Crippen LogP contribution is 2.19. The van der Waals surface area contributed by atoms with E-state index in [-0.39, 0.29) is 0 Å². The molecule has 0 saturated carbocycles. The Morgan fingerprint density at radius 3 is 2.44 bits per heavy atom. The minimum Gasteiger partial charge on any atom is -0.390 e. The smallest absolute Gasteiger partial charge is 0.0807 e. The lowest BCUT2D eigenvalue weighted by Gasteiger charge is -2.17. The maximum atomic E-state index is 9.81. The van der Waals surface area contributed by atoms with Gasteiger partial charge in [0.1, 0.15) is 0 Å². The summed E-state index contributed by atoms with van der Waals surface area (Å²) in [5.74, 6) is 0.823. The van der Waals surface area contributed by atoms with Crippen LogP contribution in [0.2, 0.25) is 0 Å². The first-order valence-corrected chi connectivity index (χ1v) is 7.37. The van der Waals surface area contributed by atoms with Crippen LogP contribution in [0.1, 0.15) is 25.7 Å². The first-order chi connectivity index (χ1) is 8.74. The Balaban J connectivity index is 2.16. The second kappa shape index (κ2) is 9.20. The summed E-state index contributed by atoms with van der Waals surface area (Å²) in [5.41, 5.74) is 0. The predicted octanol–water partition coefficient (Wildman–Crippen LogP) is 3.25. The van der Waals surface area contributed by atoms with E-state index in [0.29, 0.717) is 12.8 Å². The Hall–Kier alpha value is -0.770. The molecule has 2 atom stereocenters. The Morgan fingerprint density at radius 1 is 1.11 bits per heavy atom. The molecular weight excluding hydrogens is 244 g/mol. The number of hydrogen-bond acceptors (Lipinski definition) is 3. The fraction of sp³-hybridized carbons (Fsp3) is 0.467. The van der Waals surface area contributed by atoms with Gasteiger partial charge in [0, 0.05) is 10.6 Å². The van der Waals surface area contributed by atoms with E-state index in [9.17, 15) is 10.2 Å². The van der Waals surface area contributed by atoms with E-state index in [1.165, 1.54) is 4.90 Å². The third-order valence-electron chi connectivity index (χ3n) is 2.78. The number of aliphatic hydroxyl groups excluding tert-OH is 2. The van der Waals surface area contributed by atoms with E-state index in [4.69, 9.17) is 0 Å². The van der Waals surface area contributed by atoms with Crippen LogP contribution in [0, 0.1) is 0 Å². The molecule has 18 heavy (non-hydrogen) atoms. The van der Waals surface area contributed by atoms with Crippen LogP contribution in [-0.4, -0.2) is 28.2 Å². The molecule has 1 aromatic carbocycles. The second-order valence-electron chi connectivity index (χ2n) is 4.30. The molecule has 0 radical (unpaired) electrons. The maximum absolute atomic E-state index is 9.81. The number of rotatable bonds is 9. The van der Waals surface area contributed by atoms with E-state index in [1.54, 1.807) is 11.8 Å². The Morgan fingerprint density at radius 2 is 1.78 bits per heavy atom. The third-order valence-corrected chi connectivity index (χ3v) is 3.82. The van der Waals surface area contributed by atoms with Gasteiger partial charge in [-0.1, -0.05) is 24.3 Å². The lowest BCUT2D eigenvalue weighted by Crippen LogP contribution is -2.26. The first kappa shape index (κ1) is 15.3. The van der Waals surface area contributed by atoms with Gasteiger partial charge < -0.3 is 10.2 Å². The van der Waals surface area contributed by atoms with E-state index in [1.807, 2.05) is 24.3 Å². The molecule has 0 spiro atoms. The summed E-state index contributed by atoms with van der Waals surface area (Å²) >= 11 is 1.71. The van der Waals surface area contributed by atoms with Crippen LogP contribution < -0.4 is 0 Å². The van der Waals surface area contributed by atoms with Crippen molar-refractivity contribution < 1.29 is 10.2 Å². The summed E-state index contributed by atoms with van der Waals surface area (Å²) in [4.78, 5) is 1.20. The Labute approximate surface area is 114 Å². The molecule has 0 aliphatic heterocycles. The zero-order valence-electron chi connectivity index (χ0n) is 10.7. The average Bonchev–Trinajstić information content (AvgIpc) is 2.40. The summed E-state index contributed by atoms with van der Waals surface area (Å²) in [6.45, 7) is 3.64. The molecule has 2 N–H and O–H groups in total. The minimum atomic E-state index is -0.619. The summed E-state index contributed by atoms with van der Waals surface area (Å²) in [6, 6.07) is 10.1. The van der Waals surface area contributed by atoms with E-state index < -0.39 is 12.2 Å². The molecule has 0 unspecified atom stereocenters. The highest BCUT2D eigenvalue weighted by molar-refractivity contribution is 7.99. The van der Waals surface area contributed by atoms with Crippen LogP contribution in [0.4, 0.5) is 0 Å². The van der Waals surface area contributed by atoms with Gasteiger partial charge in [-0.15, -0.1) is 18.3 Å². The normalized spacial score (nSPS) is 14.1. The number of hydrogen-bond donors (Lipinski definition) is 2. The summed E-state index contributed by atoms with van der Waals surface area (Å²) in [6.07, 6.45) is 3.64. The van der Waals surface area contributed by atoms with Crippen molar-refractivity contribution in [2.45, 2.75) is 42.8 Å². The molecule has 0 heterocycles. The fourth-order valence-electron chi connectivity index (χ4n) is 1.67. The molecule has 3 heteroatoms. The van der Waals surface area contributed by atoms with Gasteiger partial charge in [0.2, 0.25) is 0 Å². The lowest BCUT2D eigenvalue weighted by atomic mass is 10.1. The molecule has 2 nitrogen and oxygen atoms in total. The van der Waals surface area contributed by atoms with Crippen molar-refractivity contribution in [2.75, 3.05) is 5.75 Å². The van der Waals surface area contributed by atoms with E-state index >= 15 is 0 Å². The van der Waals surface area contributed by atoms with Crippen LogP contribution in [-0.2, 0) is 0 Å².